The second kappa shape index (κ2) is 3.86. The third-order valence-corrected chi connectivity index (χ3v) is 2.54. The molecule has 0 N–H and O–H groups in total. The Balaban J connectivity index is 2.04. The summed E-state index contributed by atoms with van der Waals surface area (Å²) in [5.41, 5.74) is 0.856. The number of hydrogen-bond donors (Lipinski definition) is 0. The van der Waals surface area contributed by atoms with Crippen LogP contribution in [0.5, 0.6) is 0 Å². The third kappa shape index (κ3) is 1.73. The fourth-order valence-electron chi connectivity index (χ4n) is 1.73. The first-order valence-electron chi connectivity index (χ1n) is 5.22. The van der Waals surface area contributed by atoms with E-state index in [4.69, 9.17) is 4.52 Å². The van der Waals surface area contributed by atoms with E-state index in [0.29, 0.717) is 22.7 Å². The molecular weight excluding hydrogens is 242 g/mol. The summed E-state index contributed by atoms with van der Waals surface area (Å²) in [7, 11) is 0. The largest absolute Gasteiger partial charge is 0.337 e. The molecule has 2 aromatic heterocycles. The highest BCUT2D eigenvalue weighted by atomic mass is 19.2. The van der Waals surface area contributed by atoms with Crippen LogP contribution in [0.2, 0.25) is 0 Å². The number of halogens is 2. The Hall–Kier alpha value is -2.31. The standard InChI is InChI=1S/C11H8F2N4O/c1-6-15-11(18-16-6)4-17-5-14-9-2-7(12)8(13)3-10(9)17/h2-3,5H,4H2,1H3. The number of aromatic nitrogens is 4. The van der Waals surface area contributed by atoms with Gasteiger partial charge in [0, 0.05) is 12.1 Å². The normalized spacial score (nSPS) is 11.3. The van der Waals surface area contributed by atoms with Crippen molar-refractivity contribution in [3.63, 3.8) is 0 Å². The molecule has 0 aliphatic heterocycles. The Morgan fingerprint density at radius 1 is 1.28 bits per heavy atom. The number of nitrogens with zero attached hydrogens (tertiary/aromatic N) is 4. The van der Waals surface area contributed by atoms with E-state index >= 15 is 0 Å². The van der Waals surface area contributed by atoms with E-state index in [-0.39, 0.29) is 6.54 Å². The Morgan fingerprint density at radius 2 is 2.06 bits per heavy atom. The lowest BCUT2D eigenvalue weighted by Gasteiger charge is -2.00. The number of aryl methyl sites for hydroxylation is 1. The predicted octanol–water partition coefficient (Wildman–Crippen LogP) is 2.05. The summed E-state index contributed by atoms with van der Waals surface area (Å²) in [6.07, 6.45) is 1.48. The van der Waals surface area contributed by atoms with Crippen molar-refractivity contribution in [2.45, 2.75) is 13.5 Å². The van der Waals surface area contributed by atoms with Gasteiger partial charge in [-0.15, -0.1) is 0 Å². The molecule has 3 rings (SSSR count). The van der Waals surface area contributed by atoms with Gasteiger partial charge in [0.25, 0.3) is 0 Å². The zero-order valence-corrected chi connectivity index (χ0v) is 9.39. The molecule has 0 radical (unpaired) electrons. The average molecular weight is 250 g/mol. The van der Waals surface area contributed by atoms with Crippen molar-refractivity contribution in [2.75, 3.05) is 0 Å². The van der Waals surface area contributed by atoms with Gasteiger partial charge in [-0.25, -0.2) is 13.8 Å². The molecule has 0 spiro atoms. The molecule has 0 saturated heterocycles. The summed E-state index contributed by atoms with van der Waals surface area (Å²) in [6.45, 7) is 1.97. The molecule has 0 fully saturated rings. The van der Waals surface area contributed by atoms with Crippen molar-refractivity contribution in [3.8, 4) is 0 Å². The topological polar surface area (TPSA) is 56.7 Å². The van der Waals surface area contributed by atoms with Gasteiger partial charge in [0.2, 0.25) is 5.89 Å². The fraction of sp³-hybridized carbons (Fsp3) is 0.182. The molecule has 2 heterocycles. The fourth-order valence-corrected chi connectivity index (χ4v) is 1.73. The molecule has 0 amide bonds. The van der Waals surface area contributed by atoms with Crippen LogP contribution in [0.1, 0.15) is 11.7 Å². The minimum Gasteiger partial charge on any atom is -0.337 e. The van der Waals surface area contributed by atoms with Gasteiger partial charge < -0.3 is 9.09 Å². The van der Waals surface area contributed by atoms with Gasteiger partial charge in [-0.2, -0.15) is 4.98 Å². The van der Waals surface area contributed by atoms with Crippen LogP contribution in [-0.4, -0.2) is 19.7 Å². The molecule has 5 nitrogen and oxygen atoms in total. The van der Waals surface area contributed by atoms with Crippen molar-refractivity contribution < 1.29 is 13.3 Å². The van der Waals surface area contributed by atoms with Gasteiger partial charge in [-0.05, 0) is 6.92 Å². The lowest BCUT2D eigenvalue weighted by atomic mass is 10.3. The Morgan fingerprint density at radius 3 is 2.78 bits per heavy atom. The lowest BCUT2D eigenvalue weighted by molar-refractivity contribution is 0.369. The smallest absolute Gasteiger partial charge is 0.246 e. The monoisotopic (exact) mass is 250 g/mol. The second-order valence-corrected chi connectivity index (χ2v) is 3.86. The first-order chi connectivity index (χ1) is 8.63. The van der Waals surface area contributed by atoms with E-state index in [9.17, 15) is 8.78 Å². The maximum atomic E-state index is 13.2. The van der Waals surface area contributed by atoms with Crippen LogP contribution < -0.4 is 0 Å². The number of imidazole rings is 1. The van der Waals surface area contributed by atoms with E-state index in [1.54, 1.807) is 11.5 Å². The lowest BCUT2D eigenvalue weighted by Crippen LogP contribution is -1.99. The number of fused-ring (bicyclic) bond motifs is 1. The Bertz CT molecular complexity index is 719. The van der Waals surface area contributed by atoms with Crippen LogP contribution in [-0.2, 0) is 6.54 Å². The molecule has 18 heavy (non-hydrogen) atoms. The third-order valence-electron chi connectivity index (χ3n) is 2.54. The predicted molar refractivity (Wildman–Crippen MR) is 57.8 cm³/mol. The first-order valence-corrected chi connectivity index (χ1v) is 5.22. The number of benzene rings is 1. The Kier molecular flexibility index (Phi) is 2.32. The molecule has 0 unspecified atom stereocenters. The molecule has 0 saturated carbocycles. The first kappa shape index (κ1) is 10.8. The molecule has 3 aromatic rings. The molecule has 0 aliphatic carbocycles. The van der Waals surface area contributed by atoms with Crippen LogP contribution in [0.15, 0.2) is 23.0 Å². The van der Waals surface area contributed by atoms with Crippen molar-refractivity contribution in [3.05, 3.63) is 41.8 Å². The summed E-state index contributed by atoms with van der Waals surface area (Å²) in [5, 5.41) is 3.65. The molecule has 92 valence electrons. The van der Waals surface area contributed by atoms with Gasteiger partial charge >= 0.3 is 0 Å². The molecule has 7 heteroatoms. The zero-order valence-electron chi connectivity index (χ0n) is 9.39. The second-order valence-electron chi connectivity index (χ2n) is 3.86. The van der Waals surface area contributed by atoms with E-state index < -0.39 is 11.6 Å². The Labute approximate surface area is 100 Å². The molecule has 0 bridgehead atoms. The maximum Gasteiger partial charge on any atom is 0.246 e. The minimum atomic E-state index is -0.915. The van der Waals surface area contributed by atoms with E-state index in [2.05, 4.69) is 15.1 Å². The van der Waals surface area contributed by atoms with Gasteiger partial charge in [-0.3, -0.25) is 0 Å². The molecule has 0 atom stereocenters. The molecule has 0 aliphatic rings. The van der Waals surface area contributed by atoms with E-state index in [1.165, 1.54) is 6.33 Å². The van der Waals surface area contributed by atoms with Gasteiger partial charge in [0.15, 0.2) is 17.5 Å². The van der Waals surface area contributed by atoms with Crippen molar-refractivity contribution in [1.29, 1.82) is 0 Å². The summed E-state index contributed by atoms with van der Waals surface area (Å²) >= 11 is 0. The highest BCUT2D eigenvalue weighted by molar-refractivity contribution is 5.75. The quantitative estimate of drug-likeness (QED) is 0.698. The highest BCUT2D eigenvalue weighted by Crippen LogP contribution is 2.18. The van der Waals surface area contributed by atoms with Gasteiger partial charge in [0.1, 0.15) is 6.54 Å². The molecular formula is C11H8F2N4O. The summed E-state index contributed by atoms with van der Waals surface area (Å²) in [4.78, 5) is 8.03. The highest BCUT2D eigenvalue weighted by Gasteiger charge is 2.11. The molecule has 1 aromatic carbocycles. The van der Waals surface area contributed by atoms with Crippen LogP contribution in [0.25, 0.3) is 11.0 Å². The average Bonchev–Trinajstić information content (AvgIpc) is 2.89. The minimum absolute atomic E-state index is 0.266. The van der Waals surface area contributed by atoms with Crippen LogP contribution in [0.3, 0.4) is 0 Å². The van der Waals surface area contributed by atoms with Gasteiger partial charge in [-0.1, -0.05) is 5.16 Å². The summed E-state index contributed by atoms with van der Waals surface area (Å²) < 4.78 is 32.8. The summed E-state index contributed by atoms with van der Waals surface area (Å²) in [6, 6.07) is 2.15. The maximum absolute atomic E-state index is 13.2. The van der Waals surface area contributed by atoms with Crippen molar-refractivity contribution in [2.24, 2.45) is 0 Å². The van der Waals surface area contributed by atoms with Gasteiger partial charge in [0.05, 0.1) is 17.4 Å². The summed E-state index contributed by atoms with van der Waals surface area (Å²) in [5.74, 6) is -0.921. The number of hydrogen-bond acceptors (Lipinski definition) is 4. The van der Waals surface area contributed by atoms with E-state index in [0.717, 1.165) is 12.1 Å². The number of rotatable bonds is 2. The zero-order chi connectivity index (χ0) is 12.7. The van der Waals surface area contributed by atoms with Crippen molar-refractivity contribution in [1.82, 2.24) is 19.7 Å². The van der Waals surface area contributed by atoms with Crippen LogP contribution in [0.4, 0.5) is 8.78 Å². The van der Waals surface area contributed by atoms with Crippen LogP contribution >= 0.6 is 0 Å². The SMILES string of the molecule is Cc1noc(Cn2cnc3cc(F)c(F)cc32)n1. The van der Waals surface area contributed by atoms with E-state index in [1.807, 2.05) is 0 Å². The van der Waals surface area contributed by atoms with Crippen molar-refractivity contribution >= 4 is 11.0 Å². The van der Waals surface area contributed by atoms with Crippen LogP contribution in [0, 0.1) is 18.6 Å².